The average Bonchev–Trinajstić information content (AvgIpc) is 2.38. The highest BCUT2D eigenvalue weighted by Crippen LogP contribution is 2.20. The third-order valence-electron chi connectivity index (χ3n) is 2.77. The van der Waals surface area contributed by atoms with E-state index in [0.29, 0.717) is 26.1 Å². The molecule has 0 atom stereocenters. The second kappa shape index (κ2) is 7.89. The lowest BCUT2D eigenvalue weighted by Crippen LogP contribution is -2.10. The van der Waals surface area contributed by atoms with Crippen molar-refractivity contribution in [3.8, 4) is 5.75 Å². The quantitative estimate of drug-likeness (QED) is 0.680. The van der Waals surface area contributed by atoms with Crippen LogP contribution in [0.4, 0.5) is 4.39 Å². The number of ketones is 1. The van der Waals surface area contributed by atoms with Crippen molar-refractivity contribution < 1.29 is 18.7 Å². The SMILES string of the molecule is COCCCOc1cc(CC(=O)C(C)C)ccc1F. The maximum atomic E-state index is 13.5. The summed E-state index contributed by atoms with van der Waals surface area (Å²) >= 11 is 0. The van der Waals surface area contributed by atoms with Gasteiger partial charge in [-0.2, -0.15) is 0 Å². The van der Waals surface area contributed by atoms with E-state index >= 15 is 0 Å². The number of benzene rings is 1. The number of methoxy groups -OCH3 is 1. The standard InChI is InChI=1S/C15H21FO3/c1-11(2)14(17)9-12-5-6-13(16)15(10-12)19-8-4-7-18-3/h5-6,10-11H,4,7-9H2,1-3H3. The molecule has 106 valence electrons. The van der Waals surface area contributed by atoms with Crippen molar-refractivity contribution in [2.45, 2.75) is 26.7 Å². The largest absolute Gasteiger partial charge is 0.490 e. The third-order valence-corrected chi connectivity index (χ3v) is 2.77. The van der Waals surface area contributed by atoms with Gasteiger partial charge in [-0.15, -0.1) is 0 Å². The van der Waals surface area contributed by atoms with Crippen LogP contribution in [-0.4, -0.2) is 26.1 Å². The number of ether oxygens (including phenoxy) is 2. The van der Waals surface area contributed by atoms with E-state index < -0.39 is 5.82 Å². The molecule has 0 amide bonds. The molecule has 4 heteroatoms. The zero-order valence-corrected chi connectivity index (χ0v) is 11.7. The minimum Gasteiger partial charge on any atom is -0.490 e. The number of hydrogen-bond donors (Lipinski definition) is 0. The Morgan fingerprint density at radius 1 is 1.32 bits per heavy atom. The summed E-state index contributed by atoms with van der Waals surface area (Å²) in [5, 5.41) is 0. The van der Waals surface area contributed by atoms with E-state index in [1.54, 1.807) is 19.2 Å². The Morgan fingerprint density at radius 2 is 2.05 bits per heavy atom. The average molecular weight is 268 g/mol. The maximum absolute atomic E-state index is 13.5. The van der Waals surface area contributed by atoms with Crippen molar-refractivity contribution in [2.75, 3.05) is 20.3 Å². The third kappa shape index (κ3) is 5.39. The molecule has 0 aromatic heterocycles. The van der Waals surface area contributed by atoms with Crippen LogP contribution < -0.4 is 4.74 Å². The van der Waals surface area contributed by atoms with Crippen molar-refractivity contribution in [3.05, 3.63) is 29.6 Å². The van der Waals surface area contributed by atoms with Gasteiger partial charge in [0, 0.05) is 32.5 Å². The van der Waals surface area contributed by atoms with Crippen LogP contribution in [0.25, 0.3) is 0 Å². The Hall–Kier alpha value is -1.42. The van der Waals surface area contributed by atoms with Crippen molar-refractivity contribution in [3.63, 3.8) is 0 Å². The van der Waals surface area contributed by atoms with Gasteiger partial charge in [0.15, 0.2) is 11.6 Å². The number of rotatable bonds is 8. The zero-order chi connectivity index (χ0) is 14.3. The lowest BCUT2D eigenvalue weighted by atomic mass is 10.0. The Kier molecular flexibility index (Phi) is 6.50. The topological polar surface area (TPSA) is 35.5 Å². The first-order valence-electron chi connectivity index (χ1n) is 6.47. The summed E-state index contributed by atoms with van der Waals surface area (Å²) in [6.45, 7) is 4.68. The van der Waals surface area contributed by atoms with Gasteiger partial charge in [0.2, 0.25) is 0 Å². The smallest absolute Gasteiger partial charge is 0.165 e. The Bertz CT molecular complexity index is 416. The minimum absolute atomic E-state index is 0.0175. The molecule has 1 rings (SSSR count). The predicted molar refractivity (Wildman–Crippen MR) is 71.9 cm³/mol. The molecular weight excluding hydrogens is 247 g/mol. The normalized spacial score (nSPS) is 10.8. The summed E-state index contributed by atoms with van der Waals surface area (Å²) in [6.07, 6.45) is 1.01. The van der Waals surface area contributed by atoms with E-state index in [-0.39, 0.29) is 17.5 Å². The fraction of sp³-hybridized carbons (Fsp3) is 0.533. The highest BCUT2D eigenvalue weighted by Gasteiger charge is 2.11. The van der Waals surface area contributed by atoms with Crippen LogP contribution >= 0.6 is 0 Å². The van der Waals surface area contributed by atoms with E-state index in [4.69, 9.17) is 9.47 Å². The van der Waals surface area contributed by atoms with Gasteiger partial charge < -0.3 is 9.47 Å². The highest BCUT2D eigenvalue weighted by atomic mass is 19.1. The molecule has 1 aromatic rings. The molecule has 0 bridgehead atoms. The van der Waals surface area contributed by atoms with E-state index in [1.807, 2.05) is 13.8 Å². The summed E-state index contributed by atoms with van der Waals surface area (Å²) < 4.78 is 23.8. The predicted octanol–water partition coefficient (Wildman–Crippen LogP) is 3.01. The number of Topliss-reactive ketones (excluding diaryl/α,β-unsaturated/α-hetero) is 1. The molecule has 0 unspecified atom stereocenters. The summed E-state index contributed by atoms with van der Waals surface area (Å²) in [5.74, 6) is -0.0867. The summed E-state index contributed by atoms with van der Waals surface area (Å²) in [4.78, 5) is 11.7. The Balaban J connectivity index is 2.63. The number of hydrogen-bond acceptors (Lipinski definition) is 3. The van der Waals surface area contributed by atoms with Crippen molar-refractivity contribution in [1.82, 2.24) is 0 Å². The number of carbonyl (C=O) groups is 1. The van der Waals surface area contributed by atoms with Gasteiger partial charge in [-0.25, -0.2) is 4.39 Å². The molecule has 0 aliphatic rings. The van der Waals surface area contributed by atoms with Crippen molar-refractivity contribution >= 4 is 5.78 Å². The molecule has 1 aromatic carbocycles. The van der Waals surface area contributed by atoms with Crippen molar-refractivity contribution in [2.24, 2.45) is 5.92 Å². The molecular formula is C15H21FO3. The van der Waals surface area contributed by atoms with E-state index in [0.717, 1.165) is 5.56 Å². The van der Waals surface area contributed by atoms with Crippen LogP contribution in [0.5, 0.6) is 5.75 Å². The molecule has 19 heavy (non-hydrogen) atoms. The van der Waals surface area contributed by atoms with Crippen molar-refractivity contribution in [1.29, 1.82) is 0 Å². The minimum atomic E-state index is -0.404. The first-order valence-corrected chi connectivity index (χ1v) is 6.47. The van der Waals surface area contributed by atoms with Gasteiger partial charge in [0.25, 0.3) is 0 Å². The highest BCUT2D eigenvalue weighted by molar-refractivity contribution is 5.82. The van der Waals surface area contributed by atoms with Crippen LogP contribution in [0, 0.1) is 11.7 Å². The summed E-state index contributed by atoms with van der Waals surface area (Å²) in [6, 6.07) is 4.56. The van der Waals surface area contributed by atoms with Gasteiger partial charge in [0.05, 0.1) is 6.61 Å². The van der Waals surface area contributed by atoms with Crippen LogP contribution in [-0.2, 0) is 16.0 Å². The molecule has 0 fully saturated rings. The molecule has 0 spiro atoms. The molecule has 0 N–H and O–H groups in total. The molecule has 0 saturated heterocycles. The summed E-state index contributed by atoms with van der Waals surface area (Å²) in [7, 11) is 1.61. The van der Waals surface area contributed by atoms with Gasteiger partial charge in [-0.05, 0) is 17.7 Å². The lowest BCUT2D eigenvalue weighted by molar-refractivity contribution is -0.121. The Morgan fingerprint density at radius 3 is 2.68 bits per heavy atom. The van der Waals surface area contributed by atoms with Crippen LogP contribution in [0.15, 0.2) is 18.2 Å². The molecule has 0 heterocycles. The molecule has 0 radical (unpaired) electrons. The van der Waals surface area contributed by atoms with Gasteiger partial charge in [0.1, 0.15) is 5.78 Å². The molecule has 0 aliphatic carbocycles. The monoisotopic (exact) mass is 268 g/mol. The fourth-order valence-electron chi connectivity index (χ4n) is 1.56. The van der Waals surface area contributed by atoms with Crippen LogP contribution in [0.2, 0.25) is 0 Å². The molecule has 3 nitrogen and oxygen atoms in total. The second-order valence-electron chi connectivity index (χ2n) is 4.76. The zero-order valence-electron chi connectivity index (χ0n) is 11.7. The van der Waals surface area contributed by atoms with Gasteiger partial charge in [-0.1, -0.05) is 19.9 Å². The fourth-order valence-corrected chi connectivity index (χ4v) is 1.56. The number of halogens is 1. The van der Waals surface area contributed by atoms with Crippen LogP contribution in [0.1, 0.15) is 25.8 Å². The van der Waals surface area contributed by atoms with Gasteiger partial charge >= 0.3 is 0 Å². The number of carbonyl (C=O) groups excluding carboxylic acids is 1. The van der Waals surface area contributed by atoms with E-state index in [9.17, 15) is 9.18 Å². The first-order chi connectivity index (χ1) is 9.04. The lowest BCUT2D eigenvalue weighted by Gasteiger charge is -2.09. The van der Waals surface area contributed by atoms with Crippen LogP contribution in [0.3, 0.4) is 0 Å². The van der Waals surface area contributed by atoms with E-state index in [2.05, 4.69) is 0 Å². The molecule has 0 aliphatic heterocycles. The van der Waals surface area contributed by atoms with Gasteiger partial charge in [-0.3, -0.25) is 4.79 Å². The second-order valence-corrected chi connectivity index (χ2v) is 4.76. The Labute approximate surface area is 113 Å². The molecule has 0 saturated carbocycles. The first kappa shape index (κ1) is 15.6. The maximum Gasteiger partial charge on any atom is 0.165 e. The van der Waals surface area contributed by atoms with E-state index in [1.165, 1.54) is 6.07 Å². The summed E-state index contributed by atoms with van der Waals surface area (Å²) in [5.41, 5.74) is 0.779.